The average molecular weight is 407 g/mol. The van der Waals surface area contributed by atoms with E-state index < -0.39 is 5.82 Å². The molecule has 0 spiro atoms. The molecular formula is C19H24ClFN6O. The number of aromatic amines is 1. The minimum absolute atomic E-state index is 0.190. The summed E-state index contributed by atoms with van der Waals surface area (Å²) in [6.07, 6.45) is 13.2. The maximum atomic E-state index is 13.0. The highest BCUT2D eigenvalue weighted by atomic mass is 35.5. The van der Waals surface area contributed by atoms with Gasteiger partial charge >= 0.3 is 0 Å². The van der Waals surface area contributed by atoms with Crippen molar-refractivity contribution < 1.29 is 9.18 Å². The molecule has 0 unspecified atom stereocenters. The summed E-state index contributed by atoms with van der Waals surface area (Å²) < 4.78 is 13.0. The van der Waals surface area contributed by atoms with Gasteiger partial charge in [0.1, 0.15) is 5.65 Å². The molecule has 5 N–H and O–H groups in total. The van der Waals surface area contributed by atoms with Gasteiger partial charge in [0.25, 0.3) is 0 Å². The Kier molecular flexibility index (Phi) is 8.13. The van der Waals surface area contributed by atoms with E-state index in [1.165, 1.54) is 51.6 Å². The monoisotopic (exact) mass is 406 g/mol. The molecule has 7 nitrogen and oxygen atoms in total. The minimum atomic E-state index is -0.644. The minimum Gasteiger partial charge on any atom is -0.381 e. The fraction of sp³-hybridized carbons (Fsp3) is 0.368. The van der Waals surface area contributed by atoms with Gasteiger partial charge in [-0.2, -0.15) is 0 Å². The van der Waals surface area contributed by atoms with Gasteiger partial charge in [-0.15, -0.1) is 0 Å². The number of pyridine rings is 1. The zero-order chi connectivity index (χ0) is 20.5. The number of carbonyl (C=O) groups excluding carboxylic acids is 1. The van der Waals surface area contributed by atoms with Crippen LogP contribution >= 0.6 is 11.6 Å². The van der Waals surface area contributed by atoms with E-state index in [1.54, 1.807) is 12.3 Å². The molecule has 0 aromatic carbocycles. The fourth-order valence-electron chi connectivity index (χ4n) is 2.73. The number of nitrogens with two attached hydrogens (primary N) is 2. The van der Waals surface area contributed by atoms with Crippen LogP contribution in [-0.2, 0) is 4.79 Å². The summed E-state index contributed by atoms with van der Waals surface area (Å²) >= 11 is 5.89. The molecule has 3 aromatic rings. The highest BCUT2D eigenvalue weighted by Crippen LogP contribution is 2.27. The predicted molar refractivity (Wildman–Crippen MR) is 109 cm³/mol. The third-order valence-electron chi connectivity index (χ3n) is 4.01. The lowest BCUT2D eigenvalue weighted by Gasteiger charge is -2.05. The zero-order valence-corrected chi connectivity index (χ0v) is 16.5. The maximum absolute atomic E-state index is 13.0. The molecule has 3 aromatic heterocycles. The van der Waals surface area contributed by atoms with Crippen LogP contribution in [0.25, 0.3) is 22.4 Å². The van der Waals surface area contributed by atoms with E-state index in [-0.39, 0.29) is 11.7 Å². The van der Waals surface area contributed by atoms with Crippen molar-refractivity contribution in [3.05, 3.63) is 35.5 Å². The molecule has 1 saturated carbocycles. The molecule has 1 aliphatic rings. The number of halogens is 2. The molecule has 0 saturated heterocycles. The molecule has 0 aliphatic heterocycles. The number of amides is 1. The van der Waals surface area contributed by atoms with E-state index in [0.717, 1.165) is 11.6 Å². The van der Waals surface area contributed by atoms with Crippen LogP contribution in [0.1, 0.15) is 45.4 Å². The summed E-state index contributed by atoms with van der Waals surface area (Å²) in [6, 6.07) is 1.73. The summed E-state index contributed by atoms with van der Waals surface area (Å²) in [5.41, 5.74) is 11.2. The number of primary amides is 1. The molecule has 1 aliphatic carbocycles. The number of H-pyrrole nitrogens is 1. The SMILES string of the molecule is C1CCCCC1.CC(N)=O.Nc1nc(-c2c[nH]c3ncc(Cl)cc23)ncc1F. The van der Waals surface area contributed by atoms with Gasteiger partial charge in [-0.05, 0) is 6.07 Å². The zero-order valence-electron chi connectivity index (χ0n) is 15.7. The normalized spacial score (nSPS) is 13.1. The number of hydrogen-bond donors (Lipinski definition) is 3. The Morgan fingerprint density at radius 2 is 1.71 bits per heavy atom. The van der Waals surface area contributed by atoms with Crippen LogP contribution in [0.4, 0.5) is 10.2 Å². The number of nitrogen functional groups attached to an aromatic ring is 1. The summed E-state index contributed by atoms with van der Waals surface area (Å²) in [6.45, 7) is 1.31. The van der Waals surface area contributed by atoms with Gasteiger partial charge in [0.05, 0.1) is 11.2 Å². The summed E-state index contributed by atoms with van der Waals surface area (Å²) in [4.78, 5) is 24.1. The molecule has 150 valence electrons. The standard InChI is InChI=1S/C11H7ClFN5.C6H12.C2H5NO/c12-5-1-6-7(3-16-10(6)15-2-5)11-17-4-8(13)9(14)18-11;1-2-4-6-5-3-1;1-2(3)4/h1-4H,(H,15,16)(H2,14,17,18);1-6H2;1H3,(H2,3,4). The van der Waals surface area contributed by atoms with Crippen molar-refractivity contribution in [1.29, 1.82) is 0 Å². The number of anilines is 1. The van der Waals surface area contributed by atoms with Crippen LogP contribution < -0.4 is 11.5 Å². The van der Waals surface area contributed by atoms with E-state index in [0.29, 0.717) is 22.1 Å². The van der Waals surface area contributed by atoms with Gasteiger partial charge in [0.2, 0.25) is 5.91 Å². The molecule has 0 bridgehead atoms. The molecule has 0 radical (unpaired) electrons. The summed E-state index contributed by atoms with van der Waals surface area (Å²) in [5.74, 6) is -0.844. The predicted octanol–water partition coefficient (Wildman–Crippen LogP) is 4.23. The molecule has 1 fully saturated rings. The van der Waals surface area contributed by atoms with Gasteiger partial charge in [-0.25, -0.2) is 19.3 Å². The maximum Gasteiger partial charge on any atom is 0.214 e. The Labute approximate surface area is 167 Å². The van der Waals surface area contributed by atoms with Crippen molar-refractivity contribution in [2.75, 3.05) is 5.73 Å². The summed E-state index contributed by atoms with van der Waals surface area (Å²) in [5, 5.41) is 1.26. The van der Waals surface area contributed by atoms with Crippen LogP contribution in [0.5, 0.6) is 0 Å². The lowest BCUT2D eigenvalue weighted by molar-refractivity contribution is -0.115. The van der Waals surface area contributed by atoms with Crippen molar-refractivity contribution in [2.45, 2.75) is 45.4 Å². The first-order valence-electron chi connectivity index (χ1n) is 9.05. The van der Waals surface area contributed by atoms with Crippen molar-refractivity contribution in [3.8, 4) is 11.4 Å². The highest BCUT2D eigenvalue weighted by molar-refractivity contribution is 6.31. The second-order valence-electron chi connectivity index (χ2n) is 6.41. The van der Waals surface area contributed by atoms with E-state index in [4.69, 9.17) is 17.3 Å². The van der Waals surface area contributed by atoms with Crippen LogP contribution in [0.3, 0.4) is 0 Å². The van der Waals surface area contributed by atoms with E-state index in [1.807, 2.05) is 0 Å². The highest BCUT2D eigenvalue weighted by Gasteiger charge is 2.12. The largest absolute Gasteiger partial charge is 0.381 e. The topological polar surface area (TPSA) is 124 Å². The van der Waals surface area contributed by atoms with Crippen LogP contribution in [0.15, 0.2) is 24.7 Å². The number of carbonyl (C=O) groups is 1. The molecule has 4 rings (SSSR count). The van der Waals surface area contributed by atoms with Crippen molar-refractivity contribution in [1.82, 2.24) is 19.9 Å². The smallest absolute Gasteiger partial charge is 0.214 e. The third-order valence-corrected chi connectivity index (χ3v) is 4.22. The van der Waals surface area contributed by atoms with E-state index >= 15 is 0 Å². The first kappa shape index (κ1) is 21.6. The lowest BCUT2D eigenvalue weighted by atomic mass is 10.0. The third kappa shape index (κ3) is 6.45. The molecule has 0 atom stereocenters. The first-order chi connectivity index (χ1) is 13.4. The number of aromatic nitrogens is 4. The second kappa shape index (κ2) is 10.6. The molecule has 9 heteroatoms. The number of nitrogens with zero attached hydrogens (tertiary/aromatic N) is 3. The van der Waals surface area contributed by atoms with E-state index in [2.05, 4.69) is 25.7 Å². The average Bonchev–Trinajstić information content (AvgIpc) is 3.08. The number of hydrogen-bond acceptors (Lipinski definition) is 5. The van der Waals surface area contributed by atoms with Crippen molar-refractivity contribution in [3.63, 3.8) is 0 Å². The van der Waals surface area contributed by atoms with Crippen LogP contribution in [0, 0.1) is 5.82 Å². The Morgan fingerprint density at radius 1 is 1.14 bits per heavy atom. The first-order valence-corrected chi connectivity index (χ1v) is 9.43. The van der Waals surface area contributed by atoms with Gasteiger partial charge in [0.15, 0.2) is 17.5 Å². The van der Waals surface area contributed by atoms with Gasteiger partial charge in [-0.1, -0.05) is 50.1 Å². The van der Waals surface area contributed by atoms with Crippen molar-refractivity contribution >= 4 is 34.4 Å². The Balaban J connectivity index is 0.000000232. The van der Waals surface area contributed by atoms with Crippen LogP contribution in [-0.4, -0.2) is 25.8 Å². The molecule has 3 heterocycles. The Bertz CT molecular complexity index is 910. The molecule has 1 amide bonds. The van der Waals surface area contributed by atoms with Crippen molar-refractivity contribution in [2.24, 2.45) is 5.73 Å². The fourth-order valence-corrected chi connectivity index (χ4v) is 2.89. The Hall–Kier alpha value is -2.74. The van der Waals surface area contributed by atoms with E-state index in [9.17, 15) is 9.18 Å². The number of nitrogens with one attached hydrogen (secondary N) is 1. The van der Waals surface area contributed by atoms with Gasteiger partial charge in [-0.3, -0.25) is 4.79 Å². The van der Waals surface area contributed by atoms with Gasteiger partial charge < -0.3 is 16.5 Å². The summed E-state index contributed by atoms with van der Waals surface area (Å²) in [7, 11) is 0. The lowest BCUT2D eigenvalue weighted by Crippen LogP contribution is -2.01. The second-order valence-corrected chi connectivity index (χ2v) is 6.85. The molecular weight excluding hydrogens is 383 g/mol. The van der Waals surface area contributed by atoms with Crippen LogP contribution in [0.2, 0.25) is 5.02 Å². The number of fused-ring (bicyclic) bond motifs is 1. The quantitative estimate of drug-likeness (QED) is 0.557. The van der Waals surface area contributed by atoms with Gasteiger partial charge in [0, 0.05) is 30.3 Å². The molecule has 28 heavy (non-hydrogen) atoms. The Morgan fingerprint density at radius 3 is 2.25 bits per heavy atom. The number of rotatable bonds is 1.